The zero-order chi connectivity index (χ0) is 14.2. The van der Waals surface area contributed by atoms with Crippen molar-refractivity contribution in [2.75, 3.05) is 26.3 Å². The molecule has 0 bridgehead atoms. The Morgan fingerprint density at radius 3 is 2.85 bits per heavy atom. The Kier molecular flexibility index (Phi) is 3.54. The van der Waals surface area contributed by atoms with Crippen LogP contribution in [0.4, 0.5) is 0 Å². The summed E-state index contributed by atoms with van der Waals surface area (Å²) in [6.07, 6.45) is 1.92. The molecule has 20 heavy (non-hydrogen) atoms. The van der Waals surface area contributed by atoms with Crippen molar-refractivity contribution in [1.82, 2.24) is 4.90 Å². The van der Waals surface area contributed by atoms with Gasteiger partial charge in [0.2, 0.25) is 0 Å². The van der Waals surface area contributed by atoms with E-state index in [-0.39, 0.29) is 5.56 Å². The molecule has 6 heteroatoms. The molecule has 2 aliphatic rings. The highest BCUT2D eigenvalue weighted by Gasteiger charge is 2.40. The number of carboxylic acid groups (broad SMARTS) is 1. The first kappa shape index (κ1) is 13.6. The highest BCUT2D eigenvalue weighted by molar-refractivity contribution is 5.88. The van der Waals surface area contributed by atoms with Gasteiger partial charge in [-0.25, -0.2) is 4.79 Å². The lowest BCUT2D eigenvalue weighted by Gasteiger charge is -2.38. The number of likely N-dealkylation sites (tertiary alicyclic amines) is 1. The Balaban J connectivity index is 1.68. The number of carboxylic acids is 1. The van der Waals surface area contributed by atoms with Crippen LogP contribution in [0, 0.1) is 6.92 Å². The van der Waals surface area contributed by atoms with Crippen molar-refractivity contribution in [3.63, 3.8) is 0 Å². The maximum absolute atomic E-state index is 11.0. The van der Waals surface area contributed by atoms with Gasteiger partial charge in [-0.2, -0.15) is 0 Å². The third-order valence-electron chi connectivity index (χ3n) is 3.89. The topological polar surface area (TPSA) is 72.1 Å². The first-order valence-electron chi connectivity index (χ1n) is 6.91. The Hall–Kier alpha value is -1.37. The van der Waals surface area contributed by atoms with Gasteiger partial charge < -0.3 is 19.0 Å². The molecule has 2 aliphatic heterocycles. The van der Waals surface area contributed by atoms with E-state index in [0.717, 1.165) is 19.4 Å². The highest BCUT2D eigenvalue weighted by atomic mass is 16.7. The molecule has 1 aromatic rings. The summed E-state index contributed by atoms with van der Waals surface area (Å²) in [5.74, 6) is -0.284. The molecule has 0 atom stereocenters. The van der Waals surface area contributed by atoms with E-state index in [9.17, 15) is 4.79 Å². The second-order valence-corrected chi connectivity index (χ2v) is 5.41. The molecule has 0 unspecified atom stereocenters. The van der Waals surface area contributed by atoms with E-state index in [1.165, 1.54) is 0 Å². The standard InChI is InChI=1S/C14H19NO5/c1-10-12(13(16)17)7-11(20-10)8-15-4-2-3-14(9-15)18-5-6-19-14/h7H,2-6,8-9H2,1H3,(H,16,17). The number of nitrogens with zero attached hydrogens (tertiary/aromatic N) is 1. The van der Waals surface area contributed by atoms with Crippen LogP contribution >= 0.6 is 0 Å². The van der Waals surface area contributed by atoms with Crippen LogP contribution in [-0.2, 0) is 16.0 Å². The van der Waals surface area contributed by atoms with E-state index in [0.29, 0.717) is 37.8 Å². The summed E-state index contributed by atoms with van der Waals surface area (Å²) in [6.45, 7) is 5.20. The van der Waals surface area contributed by atoms with Crippen LogP contribution in [0.2, 0.25) is 0 Å². The molecule has 0 aliphatic carbocycles. The lowest BCUT2D eigenvalue weighted by Crippen LogP contribution is -2.48. The average molecular weight is 281 g/mol. The van der Waals surface area contributed by atoms with Crippen molar-refractivity contribution >= 4 is 5.97 Å². The van der Waals surface area contributed by atoms with Gasteiger partial charge in [0.1, 0.15) is 17.1 Å². The minimum Gasteiger partial charge on any atom is -0.478 e. The van der Waals surface area contributed by atoms with Crippen molar-refractivity contribution in [2.45, 2.75) is 32.1 Å². The molecule has 1 aromatic heterocycles. The molecule has 1 N–H and O–H groups in total. The minimum absolute atomic E-state index is 0.236. The summed E-state index contributed by atoms with van der Waals surface area (Å²) in [4.78, 5) is 13.2. The number of carbonyl (C=O) groups is 1. The quantitative estimate of drug-likeness (QED) is 0.907. The van der Waals surface area contributed by atoms with E-state index >= 15 is 0 Å². The summed E-state index contributed by atoms with van der Waals surface area (Å²) in [5.41, 5.74) is 0.236. The van der Waals surface area contributed by atoms with Crippen LogP contribution < -0.4 is 0 Å². The smallest absolute Gasteiger partial charge is 0.339 e. The van der Waals surface area contributed by atoms with E-state index in [1.54, 1.807) is 13.0 Å². The van der Waals surface area contributed by atoms with E-state index in [2.05, 4.69) is 4.90 Å². The number of furan rings is 1. The number of hydrogen-bond acceptors (Lipinski definition) is 5. The monoisotopic (exact) mass is 281 g/mol. The zero-order valence-corrected chi connectivity index (χ0v) is 11.6. The maximum Gasteiger partial charge on any atom is 0.339 e. The Morgan fingerprint density at radius 2 is 2.20 bits per heavy atom. The van der Waals surface area contributed by atoms with Gasteiger partial charge in [0.25, 0.3) is 0 Å². The normalized spacial score (nSPS) is 22.4. The second kappa shape index (κ2) is 5.20. The summed E-state index contributed by atoms with van der Waals surface area (Å²) in [5, 5.41) is 9.04. The number of piperidine rings is 1. The molecule has 2 saturated heterocycles. The largest absolute Gasteiger partial charge is 0.478 e. The molecule has 6 nitrogen and oxygen atoms in total. The molecule has 3 rings (SSSR count). The number of aromatic carboxylic acids is 1. The Labute approximate surface area is 117 Å². The molecule has 1 spiro atoms. The molecular weight excluding hydrogens is 262 g/mol. The second-order valence-electron chi connectivity index (χ2n) is 5.41. The maximum atomic E-state index is 11.0. The van der Waals surface area contributed by atoms with E-state index in [1.807, 2.05) is 0 Å². The summed E-state index contributed by atoms with van der Waals surface area (Å²) < 4.78 is 17.0. The van der Waals surface area contributed by atoms with Crippen LogP contribution in [0.5, 0.6) is 0 Å². The number of ether oxygens (including phenoxy) is 2. The lowest BCUT2D eigenvalue weighted by molar-refractivity contribution is -0.190. The molecular formula is C14H19NO5. The predicted octanol–water partition coefficient (Wildman–Crippen LogP) is 1.63. The van der Waals surface area contributed by atoms with Gasteiger partial charge in [0.15, 0.2) is 5.79 Å². The van der Waals surface area contributed by atoms with Crippen molar-refractivity contribution in [1.29, 1.82) is 0 Å². The molecule has 0 aromatic carbocycles. The molecule has 0 saturated carbocycles. The fourth-order valence-electron chi connectivity index (χ4n) is 2.99. The fourth-order valence-corrected chi connectivity index (χ4v) is 2.99. The van der Waals surface area contributed by atoms with Gasteiger partial charge in [0, 0.05) is 6.42 Å². The van der Waals surface area contributed by atoms with Gasteiger partial charge >= 0.3 is 5.97 Å². The average Bonchev–Trinajstić information content (AvgIpc) is 2.97. The molecule has 2 fully saturated rings. The van der Waals surface area contributed by atoms with Crippen LogP contribution in [0.25, 0.3) is 0 Å². The van der Waals surface area contributed by atoms with Gasteiger partial charge in [-0.05, 0) is 26.0 Å². The molecule has 0 amide bonds. The molecule has 110 valence electrons. The fraction of sp³-hybridized carbons (Fsp3) is 0.643. The first-order chi connectivity index (χ1) is 9.58. The van der Waals surface area contributed by atoms with Crippen molar-refractivity contribution in [3.05, 3.63) is 23.2 Å². The van der Waals surface area contributed by atoms with Gasteiger partial charge in [-0.15, -0.1) is 0 Å². The molecule has 3 heterocycles. The SMILES string of the molecule is Cc1oc(CN2CCCC3(C2)OCCO3)cc1C(=O)O. The number of aryl methyl sites for hydroxylation is 1. The predicted molar refractivity (Wildman–Crippen MR) is 69.6 cm³/mol. The minimum atomic E-state index is -0.949. The van der Waals surface area contributed by atoms with Crippen LogP contribution in [0.3, 0.4) is 0 Å². The highest BCUT2D eigenvalue weighted by Crippen LogP contribution is 2.31. The third-order valence-corrected chi connectivity index (χ3v) is 3.89. The summed E-state index contributed by atoms with van der Waals surface area (Å²) >= 11 is 0. The van der Waals surface area contributed by atoms with E-state index in [4.69, 9.17) is 19.0 Å². The molecule has 0 radical (unpaired) electrons. The van der Waals surface area contributed by atoms with Gasteiger partial charge in [0.05, 0.1) is 26.3 Å². The summed E-state index contributed by atoms with van der Waals surface area (Å²) in [7, 11) is 0. The van der Waals surface area contributed by atoms with Gasteiger partial charge in [-0.1, -0.05) is 0 Å². The zero-order valence-electron chi connectivity index (χ0n) is 11.6. The van der Waals surface area contributed by atoms with Crippen molar-refractivity contribution in [3.8, 4) is 0 Å². The van der Waals surface area contributed by atoms with E-state index < -0.39 is 11.8 Å². The van der Waals surface area contributed by atoms with Crippen molar-refractivity contribution < 1.29 is 23.8 Å². The van der Waals surface area contributed by atoms with Crippen LogP contribution in [0.15, 0.2) is 10.5 Å². The first-order valence-corrected chi connectivity index (χ1v) is 6.91. The van der Waals surface area contributed by atoms with Crippen molar-refractivity contribution in [2.24, 2.45) is 0 Å². The Bertz CT molecular complexity index is 504. The van der Waals surface area contributed by atoms with Crippen LogP contribution in [0.1, 0.15) is 34.7 Å². The summed E-state index contributed by atoms with van der Waals surface area (Å²) in [6, 6.07) is 1.61. The third kappa shape index (κ3) is 2.59. The van der Waals surface area contributed by atoms with Gasteiger partial charge in [-0.3, -0.25) is 4.90 Å². The number of rotatable bonds is 3. The van der Waals surface area contributed by atoms with Crippen LogP contribution in [-0.4, -0.2) is 48.1 Å². The Morgan fingerprint density at radius 1 is 1.45 bits per heavy atom. The number of hydrogen-bond donors (Lipinski definition) is 1. The lowest BCUT2D eigenvalue weighted by atomic mass is 10.0.